The van der Waals surface area contributed by atoms with Crippen molar-refractivity contribution in [3.05, 3.63) is 11.6 Å². The van der Waals surface area contributed by atoms with Gasteiger partial charge in [0.2, 0.25) is 0 Å². The molecule has 0 aliphatic heterocycles. The summed E-state index contributed by atoms with van der Waals surface area (Å²) in [4.78, 5) is 40.5. The molecule has 0 aromatic carbocycles. The first-order chi connectivity index (χ1) is 17.2. The zero-order valence-corrected chi connectivity index (χ0v) is 23.9. The molecule has 5 N–H and O–H groups in total. The van der Waals surface area contributed by atoms with Crippen LogP contribution >= 0.6 is 0 Å². The Hall–Kier alpha value is -1.45. The van der Waals surface area contributed by atoms with Gasteiger partial charge in [0.15, 0.2) is 11.6 Å². The molecule has 0 radical (unpaired) electrons. The molecule has 0 spiro atoms. The molecule has 3 fully saturated rings. The average molecular weight is 535 g/mol. The molecule has 8 heteroatoms. The Balaban J connectivity index is 1.80. The molecule has 0 unspecified atom stereocenters. The number of aliphatic hydroxyl groups is 5. The van der Waals surface area contributed by atoms with E-state index < -0.39 is 75.2 Å². The molecule has 0 aromatic heterocycles. The van der Waals surface area contributed by atoms with Crippen LogP contribution in [0.2, 0.25) is 0 Å². The van der Waals surface area contributed by atoms with E-state index in [1.807, 2.05) is 19.9 Å². The van der Waals surface area contributed by atoms with Crippen molar-refractivity contribution in [2.75, 3.05) is 6.61 Å². The van der Waals surface area contributed by atoms with E-state index in [-0.39, 0.29) is 43.7 Å². The molecule has 4 aliphatic carbocycles. The molecular weight excluding hydrogens is 488 g/mol. The number of carbonyl (C=O) groups excluding carboxylic acids is 3. The average Bonchev–Trinajstić information content (AvgIpc) is 3.00. The fourth-order valence-electron chi connectivity index (χ4n) is 9.32. The van der Waals surface area contributed by atoms with Gasteiger partial charge in [0.25, 0.3) is 0 Å². The summed E-state index contributed by atoms with van der Waals surface area (Å²) in [5.74, 6) is -2.84. The van der Waals surface area contributed by atoms with Gasteiger partial charge in [-0.25, -0.2) is 0 Å². The third-order valence-corrected chi connectivity index (χ3v) is 11.5. The topological polar surface area (TPSA) is 152 Å². The zero-order chi connectivity index (χ0) is 28.9. The third kappa shape index (κ3) is 3.77. The molecule has 8 nitrogen and oxygen atoms in total. The molecule has 214 valence electrons. The molecule has 4 aliphatic rings. The van der Waals surface area contributed by atoms with Crippen molar-refractivity contribution in [3.8, 4) is 0 Å². The highest BCUT2D eigenvalue weighted by atomic mass is 16.3. The van der Waals surface area contributed by atoms with Crippen LogP contribution < -0.4 is 0 Å². The summed E-state index contributed by atoms with van der Waals surface area (Å²) < 4.78 is 0. The first-order valence-corrected chi connectivity index (χ1v) is 13.9. The molecule has 0 heterocycles. The van der Waals surface area contributed by atoms with E-state index in [0.29, 0.717) is 6.42 Å². The van der Waals surface area contributed by atoms with Gasteiger partial charge >= 0.3 is 0 Å². The van der Waals surface area contributed by atoms with Gasteiger partial charge in [-0.15, -0.1) is 0 Å². The van der Waals surface area contributed by atoms with E-state index >= 15 is 0 Å². The Morgan fingerprint density at radius 3 is 2.21 bits per heavy atom. The van der Waals surface area contributed by atoms with Crippen LogP contribution in [0, 0.1) is 39.4 Å². The van der Waals surface area contributed by atoms with Crippen LogP contribution in [0.1, 0.15) is 87.0 Å². The number of fused-ring (bicyclic) bond motifs is 5. The van der Waals surface area contributed by atoms with Crippen molar-refractivity contribution < 1.29 is 39.9 Å². The zero-order valence-electron chi connectivity index (χ0n) is 23.9. The molecule has 9 atom stereocenters. The van der Waals surface area contributed by atoms with Crippen molar-refractivity contribution in [1.29, 1.82) is 0 Å². The summed E-state index contributed by atoms with van der Waals surface area (Å²) in [5, 5.41) is 54.9. The van der Waals surface area contributed by atoms with Gasteiger partial charge in [-0.1, -0.05) is 25.5 Å². The van der Waals surface area contributed by atoms with Crippen molar-refractivity contribution in [2.24, 2.45) is 39.4 Å². The van der Waals surface area contributed by atoms with Crippen LogP contribution in [0.25, 0.3) is 0 Å². The first-order valence-electron chi connectivity index (χ1n) is 13.9. The Labute approximate surface area is 225 Å². The minimum absolute atomic E-state index is 0.0501. The monoisotopic (exact) mass is 534 g/mol. The fraction of sp³-hybridized carbons (Fsp3) is 0.833. The second kappa shape index (κ2) is 8.77. The summed E-state index contributed by atoms with van der Waals surface area (Å²) in [7, 11) is 0. The number of ketones is 3. The molecule has 38 heavy (non-hydrogen) atoms. The van der Waals surface area contributed by atoms with Crippen LogP contribution in [0.15, 0.2) is 11.6 Å². The standard InChI is InChI=1S/C30H46O8/c1-25(2,37)11-10-21(34)29(7,38)23-19(33)13-27(5)20-9-8-16-17(12-18(32)24(36)26(16,3)4)30(20,15-31)22(35)14-28(23,27)6/h8,17-20,23,31-33,37-38H,9-15H2,1-7H3/t17-,18+,19-,20+,23+,27+,28-,29+,30+/m1/s1. The van der Waals surface area contributed by atoms with Gasteiger partial charge in [0.05, 0.1) is 23.7 Å². The van der Waals surface area contributed by atoms with Gasteiger partial charge in [-0.05, 0) is 83.0 Å². The molecular formula is C30H46O8. The maximum Gasteiger partial charge on any atom is 0.170 e. The third-order valence-electron chi connectivity index (χ3n) is 11.5. The predicted octanol–water partition coefficient (Wildman–Crippen LogP) is 2.12. The van der Waals surface area contributed by atoms with E-state index in [0.717, 1.165) is 5.57 Å². The van der Waals surface area contributed by atoms with Crippen LogP contribution in [-0.2, 0) is 14.4 Å². The second-order valence-corrected chi connectivity index (χ2v) is 14.5. The van der Waals surface area contributed by atoms with Crippen molar-refractivity contribution >= 4 is 17.3 Å². The van der Waals surface area contributed by atoms with Crippen LogP contribution in [0.3, 0.4) is 0 Å². The van der Waals surface area contributed by atoms with Gasteiger partial charge in [0.1, 0.15) is 17.5 Å². The fourth-order valence-corrected chi connectivity index (χ4v) is 9.32. The van der Waals surface area contributed by atoms with Crippen molar-refractivity contribution in [3.63, 3.8) is 0 Å². The largest absolute Gasteiger partial charge is 0.395 e. The van der Waals surface area contributed by atoms with Crippen molar-refractivity contribution in [1.82, 2.24) is 0 Å². The van der Waals surface area contributed by atoms with E-state index in [1.54, 1.807) is 27.7 Å². The lowest BCUT2D eigenvalue weighted by molar-refractivity contribution is -0.193. The van der Waals surface area contributed by atoms with Crippen LogP contribution in [-0.4, -0.2) is 72.9 Å². The molecule has 0 saturated heterocycles. The highest BCUT2D eigenvalue weighted by Gasteiger charge is 2.75. The minimum atomic E-state index is -1.93. The van der Waals surface area contributed by atoms with Gasteiger partial charge in [-0.2, -0.15) is 0 Å². The summed E-state index contributed by atoms with van der Waals surface area (Å²) >= 11 is 0. The summed E-state index contributed by atoms with van der Waals surface area (Å²) in [6, 6.07) is 0. The van der Waals surface area contributed by atoms with Gasteiger partial charge < -0.3 is 25.5 Å². The maximum absolute atomic E-state index is 14.3. The number of allylic oxidation sites excluding steroid dienone is 2. The number of rotatable bonds is 6. The first kappa shape index (κ1) is 29.5. The maximum atomic E-state index is 14.3. The van der Waals surface area contributed by atoms with Crippen LogP contribution in [0.5, 0.6) is 0 Å². The molecule has 3 saturated carbocycles. The predicted molar refractivity (Wildman–Crippen MR) is 140 cm³/mol. The molecule has 0 bridgehead atoms. The summed E-state index contributed by atoms with van der Waals surface area (Å²) in [5.41, 5.74) is -6.12. The van der Waals surface area contributed by atoms with Crippen LogP contribution in [0.4, 0.5) is 0 Å². The Bertz CT molecular complexity index is 1070. The second-order valence-electron chi connectivity index (χ2n) is 14.5. The lowest BCUT2D eigenvalue weighted by Crippen LogP contribution is -2.67. The van der Waals surface area contributed by atoms with Gasteiger partial charge in [0, 0.05) is 24.2 Å². The smallest absolute Gasteiger partial charge is 0.170 e. The Morgan fingerprint density at radius 1 is 1.05 bits per heavy atom. The SMILES string of the molecule is CC(C)(O)CCC(=O)[C@](C)(O)[C@H]1[C@H](O)C[C@@]2(C)[C@@H]3CC=C4[C@@H](C[C@H](O)C(=O)C4(C)C)[C@]3(CO)C(=O)C[C@]12C. The summed E-state index contributed by atoms with van der Waals surface area (Å²) in [6.07, 6.45) is 0.430. The van der Waals surface area contributed by atoms with E-state index in [2.05, 4.69) is 0 Å². The van der Waals surface area contributed by atoms with Gasteiger partial charge in [-0.3, -0.25) is 14.4 Å². The Morgan fingerprint density at radius 2 is 1.66 bits per heavy atom. The van der Waals surface area contributed by atoms with E-state index in [1.165, 1.54) is 6.92 Å². The number of carbonyl (C=O) groups is 3. The summed E-state index contributed by atoms with van der Waals surface area (Å²) in [6.45, 7) is 11.5. The Kier molecular flexibility index (Phi) is 6.82. The number of hydrogen-bond acceptors (Lipinski definition) is 8. The van der Waals surface area contributed by atoms with Crippen molar-refractivity contribution in [2.45, 2.75) is 110 Å². The number of Topliss-reactive ketones (excluding diaryl/α,β-unsaturated/α-hetero) is 3. The van der Waals surface area contributed by atoms with E-state index in [9.17, 15) is 39.9 Å². The normalized spacial score (nSPS) is 44.0. The minimum Gasteiger partial charge on any atom is -0.395 e. The van der Waals surface area contributed by atoms with E-state index in [4.69, 9.17) is 0 Å². The molecule has 0 aromatic rings. The highest BCUT2D eigenvalue weighted by molar-refractivity contribution is 5.95. The molecule has 4 rings (SSSR count). The lowest BCUT2D eigenvalue weighted by Gasteiger charge is -2.64. The number of aliphatic hydroxyl groups excluding tert-OH is 3. The molecule has 0 amide bonds. The number of hydrogen-bond donors (Lipinski definition) is 5. The highest BCUT2D eigenvalue weighted by Crippen LogP contribution is 2.74. The quantitative estimate of drug-likeness (QED) is 0.325. The lowest BCUT2D eigenvalue weighted by atomic mass is 9.38.